The number of hydrogen-bond acceptors (Lipinski definition) is 3. The van der Waals surface area contributed by atoms with Crippen molar-refractivity contribution in [2.24, 2.45) is 5.92 Å². The molecule has 1 saturated heterocycles. The summed E-state index contributed by atoms with van der Waals surface area (Å²) in [6, 6.07) is 4.58. The number of aryl methyl sites for hydroxylation is 1. The Morgan fingerprint density at radius 1 is 1.43 bits per heavy atom. The molecule has 7 heteroatoms. The van der Waals surface area contributed by atoms with E-state index in [1.165, 1.54) is 4.31 Å². The van der Waals surface area contributed by atoms with Crippen LogP contribution < -0.4 is 0 Å². The third kappa shape index (κ3) is 3.14. The van der Waals surface area contributed by atoms with Gasteiger partial charge < -0.3 is 5.11 Å². The summed E-state index contributed by atoms with van der Waals surface area (Å²) in [6.07, 6.45) is 1.07. The molecule has 0 aliphatic carbocycles. The van der Waals surface area contributed by atoms with Crippen LogP contribution in [0.15, 0.2) is 27.6 Å². The average Bonchev–Trinajstić information content (AvgIpc) is 2.41. The fourth-order valence-electron chi connectivity index (χ4n) is 2.72. The molecule has 2 atom stereocenters. The van der Waals surface area contributed by atoms with Gasteiger partial charge in [-0.05, 0) is 60.3 Å². The highest BCUT2D eigenvalue weighted by atomic mass is 79.9. The Kier molecular flexibility index (Phi) is 4.75. The predicted octanol–water partition coefficient (Wildman–Crippen LogP) is 2.63. The maximum Gasteiger partial charge on any atom is 0.308 e. The summed E-state index contributed by atoms with van der Waals surface area (Å²) in [5.74, 6) is -1.59. The zero-order valence-electron chi connectivity index (χ0n) is 11.9. The molecule has 0 unspecified atom stereocenters. The normalized spacial score (nSPS) is 24.0. The van der Waals surface area contributed by atoms with E-state index in [0.717, 1.165) is 5.56 Å². The van der Waals surface area contributed by atoms with Gasteiger partial charge in [0.05, 0.1) is 10.8 Å². The second-order valence-corrected chi connectivity index (χ2v) is 8.09. The van der Waals surface area contributed by atoms with Crippen LogP contribution in [-0.4, -0.2) is 36.4 Å². The average molecular weight is 376 g/mol. The molecule has 0 amide bonds. The predicted molar refractivity (Wildman–Crippen MR) is 82.6 cm³/mol. The van der Waals surface area contributed by atoms with Crippen LogP contribution in [0.1, 0.15) is 25.3 Å². The summed E-state index contributed by atoms with van der Waals surface area (Å²) in [4.78, 5) is 11.5. The first kappa shape index (κ1) is 16.5. The molecule has 0 spiro atoms. The molecule has 1 aliphatic rings. The molecule has 0 aromatic heterocycles. The minimum Gasteiger partial charge on any atom is -0.481 e. The summed E-state index contributed by atoms with van der Waals surface area (Å²) in [5.41, 5.74) is 0.844. The van der Waals surface area contributed by atoms with Crippen LogP contribution in [0.5, 0.6) is 0 Å². The summed E-state index contributed by atoms with van der Waals surface area (Å²) >= 11 is 3.27. The molecule has 1 heterocycles. The van der Waals surface area contributed by atoms with Gasteiger partial charge in [-0.2, -0.15) is 4.31 Å². The van der Waals surface area contributed by atoms with Crippen molar-refractivity contribution < 1.29 is 18.3 Å². The number of benzene rings is 1. The number of hydrogen-bond donors (Lipinski definition) is 1. The van der Waals surface area contributed by atoms with Crippen LogP contribution in [-0.2, 0) is 14.8 Å². The van der Waals surface area contributed by atoms with Crippen molar-refractivity contribution in [1.29, 1.82) is 0 Å². The van der Waals surface area contributed by atoms with E-state index in [4.69, 9.17) is 0 Å². The van der Waals surface area contributed by atoms with E-state index < -0.39 is 28.0 Å². The number of piperidine rings is 1. The Hall–Kier alpha value is -0.920. The van der Waals surface area contributed by atoms with Crippen LogP contribution in [0.25, 0.3) is 0 Å². The SMILES string of the molecule is Cc1ccc(Br)c(S(=O)(=O)N2CCC[C@@H](C(=O)O)[C@H]2C)c1. The molecule has 0 radical (unpaired) electrons. The number of carboxylic acids is 1. The van der Waals surface area contributed by atoms with Gasteiger partial charge in [0, 0.05) is 17.1 Å². The van der Waals surface area contributed by atoms with Gasteiger partial charge in [-0.25, -0.2) is 8.42 Å². The molecule has 0 bridgehead atoms. The van der Waals surface area contributed by atoms with Crippen LogP contribution in [0, 0.1) is 12.8 Å². The lowest BCUT2D eigenvalue weighted by Gasteiger charge is -2.36. The lowest BCUT2D eigenvalue weighted by atomic mass is 9.92. The zero-order chi connectivity index (χ0) is 15.8. The molecule has 5 nitrogen and oxygen atoms in total. The smallest absolute Gasteiger partial charge is 0.308 e. The van der Waals surface area contributed by atoms with Gasteiger partial charge in [-0.15, -0.1) is 0 Å². The summed E-state index contributed by atoms with van der Waals surface area (Å²) in [6.45, 7) is 3.85. The van der Waals surface area contributed by atoms with Crippen LogP contribution in [0.2, 0.25) is 0 Å². The van der Waals surface area contributed by atoms with Crippen LogP contribution in [0.3, 0.4) is 0 Å². The fraction of sp³-hybridized carbons (Fsp3) is 0.500. The highest BCUT2D eigenvalue weighted by Gasteiger charge is 2.40. The van der Waals surface area contributed by atoms with E-state index in [1.54, 1.807) is 19.1 Å². The van der Waals surface area contributed by atoms with Crippen LogP contribution >= 0.6 is 15.9 Å². The van der Waals surface area contributed by atoms with Gasteiger partial charge in [-0.3, -0.25) is 4.79 Å². The van der Waals surface area contributed by atoms with E-state index in [0.29, 0.717) is 23.9 Å². The van der Waals surface area contributed by atoms with Gasteiger partial charge in [0.1, 0.15) is 0 Å². The minimum absolute atomic E-state index is 0.195. The second-order valence-electron chi connectivity index (χ2n) is 5.38. The van der Waals surface area contributed by atoms with Crippen molar-refractivity contribution in [2.75, 3.05) is 6.54 Å². The van der Waals surface area contributed by atoms with Crippen molar-refractivity contribution in [1.82, 2.24) is 4.31 Å². The number of sulfonamides is 1. The van der Waals surface area contributed by atoms with Crippen LogP contribution in [0.4, 0.5) is 0 Å². The zero-order valence-corrected chi connectivity index (χ0v) is 14.3. The van der Waals surface area contributed by atoms with Gasteiger partial charge in [0.15, 0.2) is 0 Å². The molecule has 1 N–H and O–H groups in total. The van der Waals surface area contributed by atoms with E-state index in [9.17, 15) is 18.3 Å². The van der Waals surface area contributed by atoms with Gasteiger partial charge in [0.2, 0.25) is 10.0 Å². The monoisotopic (exact) mass is 375 g/mol. The number of halogens is 1. The summed E-state index contributed by atoms with van der Waals surface area (Å²) in [7, 11) is -3.71. The highest BCUT2D eigenvalue weighted by molar-refractivity contribution is 9.10. The Bertz CT molecular complexity index is 659. The number of aliphatic carboxylic acids is 1. The van der Waals surface area contributed by atoms with E-state index in [1.807, 2.05) is 13.0 Å². The summed E-state index contributed by atoms with van der Waals surface area (Å²) in [5, 5.41) is 9.23. The molecule has 116 valence electrons. The number of carbonyl (C=O) groups is 1. The maximum atomic E-state index is 12.8. The molecule has 1 aliphatic heterocycles. The molecule has 1 aromatic rings. The lowest BCUT2D eigenvalue weighted by Crippen LogP contribution is -2.49. The van der Waals surface area contributed by atoms with E-state index >= 15 is 0 Å². The molecule has 0 saturated carbocycles. The second kappa shape index (κ2) is 6.06. The van der Waals surface area contributed by atoms with Gasteiger partial charge >= 0.3 is 5.97 Å². The lowest BCUT2D eigenvalue weighted by molar-refractivity contribution is -0.144. The molecule has 1 aromatic carbocycles. The summed E-state index contributed by atoms with van der Waals surface area (Å²) < 4.78 is 27.5. The Morgan fingerprint density at radius 3 is 2.71 bits per heavy atom. The largest absolute Gasteiger partial charge is 0.481 e. The first-order valence-corrected chi connectivity index (χ1v) is 8.99. The number of nitrogens with zero attached hydrogens (tertiary/aromatic N) is 1. The molecule has 21 heavy (non-hydrogen) atoms. The molecule has 2 rings (SSSR count). The van der Waals surface area contributed by atoms with Crippen molar-refractivity contribution in [3.8, 4) is 0 Å². The van der Waals surface area contributed by atoms with Crippen molar-refractivity contribution in [3.05, 3.63) is 28.2 Å². The Balaban J connectivity index is 2.43. The maximum absolute atomic E-state index is 12.8. The van der Waals surface area contributed by atoms with Gasteiger partial charge in [-0.1, -0.05) is 6.07 Å². The van der Waals surface area contributed by atoms with E-state index in [-0.39, 0.29) is 4.90 Å². The Labute approximate surface area is 133 Å². The Morgan fingerprint density at radius 2 is 2.10 bits per heavy atom. The standard InChI is InChI=1S/C14H18BrNO4S/c1-9-5-6-12(15)13(8-9)21(19,20)16-7-3-4-11(10(16)2)14(17)18/h5-6,8,10-11H,3-4,7H2,1-2H3,(H,17,18)/t10-,11-/m1/s1. The third-order valence-corrected chi connectivity index (χ3v) is 6.90. The molecular formula is C14H18BrNO4S. The van der Waals surface area contributed by atoms with Crippen molar-refractivity contribution in [2.45, 2.75) is 37.6 Å². The topological polar surface area (TPSA) is 74.7 Å². The molecular weight excluding hydrogens is 358 g/mol. The van der Waals surface area contributed by atoms with Gasteiger partial charge in [0.25, 0.3) is 0 Å². The number of rotatable bonds is 3. The number of carboxylic acid groups (broad SMARTS) is 1. The van der Waals surface area contributed by atoms with E-state index in [2.05, 4.69) is 15.9 Å². The first-order valence-electron chi connectivity index (χ1n) is 6.76. The third-order valence-electron chi connectivity index (χ3n) is 3.92. The quantitative estimate of drug-likeness (QED) is 0.880. The minimum atomic E-state index is -3.71. The van der Waals surface area contributed by atoms with Crippen molar-refractivity contribution in [3.63, 3.8) is 0 Å². The van der Waals surface area contributed by atoms with Crippen molar-refractivity contribution >= 4 is 31.9 Å². The fourth-order valence-corrected chi connectivity index (χ4v) is 5.43. The highest BCUT2D eigenvalue weighted by Crippen LogP contribution is 2.32. The molecule has 1 fully saturated rings. The first-order chi connectivity index (χ1) is 9.75.